The third-order valence-corrected chi connectivity index (χ3v) is 15.0. The van der Waals surface area contributed by atoms with Crippen LogP contribution in [0.5, 0.6) is 0 Å². The van der Waals surface area contributed by atoms with E-state index in [1.807, 2.05) is 6.08 Å². The lowest BCUT2D eigenvalue weighted by molar-refractivity contribution is -0.143. The summed E-state index contributed by atoms with van der Waals surface area (Å²) < 4.78 is 5.48. The van der Waals surface area contributed by atoms with E-state index in [1.54, 1.807) is 6.08 Å². The highest BCUT2D eigenvalue weighted by molar-refractivity contribution is 5.76. The summed E-state index contributed by atoms with van der Waals surface area (Å²) in [4.78, 5) is 24.6. The van der Waals surface area contributed by atoms with Crippen LogP contribution >= 0.6 is 0 Å². The van der Waals surface area contributed by atoms with E-state index in [2.05, 4.69) is 31.3 Å². The number of esters is 1. The topological polar surface area (TPSA) is 95.9 Å². The molecule has 1 amide bonds. The summed E-state index contributed by atoms with van der Waals surface area (Å²) in [5.74, 6) is -0.0816. The molecule has 0 radical (unpaired) electrons. The van der Waals surface area contributed by atoms with E-state index < -0.39 is 12.1 Å². The van der Waals surface area contributed by atoms with Crippen LogP contribution in [0.4, 0.5) is 0 Å². The van der Waals surface area contributed by atoms with Crippen LogP contribution < -0.4 is 5.32 Å². The van der Waals surface area contributed by atoms with Crippen LogP contribution in [-0.2, 0) is 14.3 Å². The lowest BCUT2D eigenvalue weighted by Gasteiger charge is -2.20. The van der Waals surface area contributed by atoms with Gasteiger partial charge in [-0.1, -0.05) is 308 Å². The first-order valence-corrected chi connectivity index (χ1v) is 32.1. The molecule has 0 aliphatic heterocycles. The molecule has 0 aliphatic carbocycles. The highest BCUT2D eigenvalue weighted by Crippen LogP contribution is 2.18. The first-order chi connectivity index (χ1) is 35.0. The molecule has 0 heterocycles. The lowest BCUT2D eigenvalue weighted by atomic mass is 10.0. The number of allylic oxidation sites excluding steroid dienone is 3. The van der Waals surface area contributed by atoms with E-state index in [1.165, 1.54) is 263 Å². The van der Waals surface area contributed by atoms with Gasteiger partial charge in [-0.25, -0.2) is 0 Å². The average molecular weight is 1000 g/mol. The maximum absolute atomic E-state index is 12.5. The Bertz CT molecular complexity index is 1110. The third kappa shape index (κ3) is 57.5. The second-order valence-corrected chi connectivity index (χ2v) is 22.1. The van der Waals surface area contributed by atoms with Gasteiger partial charge in [-0.3, -0.25) is 9.59 Å². The fourth-order valence-corrected chi connectivity index (χ4v) is 10.0. The number of ether oxygens (including phenoxy) is 1. The van der Waals surface area contributed by atoms with Gasteiger partial charge in [-0.05, 0) is 57.8 Å². The fourth-order valence-electron chi connectivity index (χ4n) is 10.0. The minimum Gasteiger partial charge on any atom is -0.466 e. The van der Waals surface area contributed by atoms with E-state index in [0.29, 0.717) is 19.4 Å². The van der Waals surface area contributed by atoms with Gasteiger partial charge in [0, 0.05) is 12.8 Å². The number of hydrogen-bond donors (Lipinski definition) is 3. The van der Waals surface area contributed by atoms with Crippen molar-refractivity contribution in [3.05, 3.63) is 24.3 Å². The summed E-state index contributed by atoms with van der Waals surface area (Å²) in [6.45, 7) is 4.91. The lowest BCUT2D eigenvalue weighted by Crippen LogP contribution is -2.45. The first-order valence-electron chi connectivity index (χ1n) is 32.1. The van der Waals surface area contributed by atoms with Crippen LogP contribution in [0.2, 0.25) is 0 Å². The SMILES string of the molecule is CCCCCCCCCCCCCCCCCCCCCCC/C=C/C(O)C(CO)NC(=O)CCCCCCC/C=C\CCCCCCCCCOC(=O)CCCCCCCCCCCCCCCCC. The molecule has 0 aliphatic rings. The van der Waals surface area contributed by atoms with Crippen LogP contribution in [0.1, 0.15) is 354 Å². The Morgan fingerprint density at radius 2 is 0.662 bits per heavy atom. The predicted octanol–water partition coefficient (Wildman–Crippen LogP) is 20.2. The Labute approximate surface area is 443 Å². The highest BCUT2D eigenvalue weighted by atomic mass is 16.5. The maximum atomic E-state index is 12.5. The first kappa shape index (κ1) is 69.3. The summed E-state index contributed by atoms with van der Waals surface area (Å²) in [5.41, 5.74) is 0. The molecule has 2 unspecified atom stereocenters. The molecule has 0 saturated heterocycles. The third-order valence-electron chi connectivity index (χ3n) is 15.0. The quantitative estimate of drug-likeness (QED) is 0.0320. The zero-order valence-electron chi connectivity index (χ0n) is 48.0. The molecule has 0 aromatic carbocycles. The largest absolute Gasteiger partial charge is 0.466 e. The van der Waals surface area contributed by atoms with Gasteiger partial charge in [0.2, 0.25) is 5.91 Å². The molecule has 0 spiro atoms. The number of carbonyl (C=O) groups is 2. The summed E-state index contributed by atoms with van der Waals surface area (Å²) >= 11 is 0. The van der Waals surface area contributed by atoms with Crippen molar-refractivity contribution in [2.75, 3.05) is 13.2 Å². The molecular weight excluding hydrogens is 875 g/mol. The zero-order chi connectivity index (χ0) is 51.4. The number of amides is 1. The minimum absolute atomic E-state index is 0.000220. The van der Waals surface area contributed by atoms with E-state index in [9.17, 15) is 19.8 Å². The zero-order valence-corrected chi connectivity index (χ0v) is 48.0. The Hall–Kier alpha value is -1.66. The minimum atomic E-state index is -0.856. The Kier molecular flexibility index (Phi) is 59.5. The molecule has 0 saturated carbocycles. The van der Waals surface area contributed by atoms with Crippen molar-refractivity contribution < 1.29 is 24.5 Å². The van der Waals surface area contributed by atoms with Gasteiger partial charge >= 0.3 is 5.97 Å². The van der Waals surface area contributed by atoms with Crippen molar-refractivity contribution in [2.24, 2.45) is 0 Å². The number of hydrogen-bond acceptors (Lipinski definition) is 5. The molecule has 71 heavy (non-hydrogen) atoms. The molecule has 0 bridgehead atoms. The van der Waals surface area contributed by atoms with Crippen molar-refractivity contribution in [1.82, 2.24) is 5.32 Å². The van der Waals surface area contributed by atoms with Crippen LogP contribution in [0.15, 0.2) is 24.3 Å². The van der Waals surface area contributed by atoms with Gasteiger partial charge < -0.3 is 20.3 Å². The molecule has 0 rings (SSSR count). The normalized spacial score (nSPS) is 12.7. The van der Waals surface area contributed by atoms with Gasteiger partial charge in [-0.2, -0.15) is 0 Å². The molecule has 2 atom stereocenters. The van der Waals surface area contributed by atoms with Crippen molar-refractivity contribution in [3.63, 3.8) is 0 Å². The molecule has 0 aromatic rings. The highest BCUT2D eigenvalue weighted by Gasteiger charge is 2.18. The Balaban J connectivity index is 3.48. The van der Waals surface area contributed by atoms with Crippen molar-refractivity contribution >= 4 is 11.9 Å². The van der Waals surface area contributed by atoms with Gasteiger partial charge in [0.05, 0.1) is 25.4 Å². The molecule has 6 heteroatoms. The van der Waals surface area contributed by atoms with Gasteiger partial charge in [0.1, 0.15) is 0 Å². The number of aliphatic hydroxyl groups is 2. The number of rotatable bonds is 60. The molecule has 3 N–H and O–H groups in total. The number of aliphatic hydroxyl groups excluding tert-OH is 2. The molecule has 0 aromatic heterocycles. The van der Waals surface area contributed by atoms with Crippen LogP contribution in [-0.4, -0.2) is 47.4 Å². The number of carbonyl (C=O) groups excluding carboxylic acids is 2. The second kappa shape index (κ2) is 60.9. The average Bonchev–Trinajstić information content (AvgIpc) is 3.37. The molecular formula is C65H125NO5. The van der Waals surface area contributed by atoms with Gasteiger partial charge in [0.25, 0.3) is 0 Å². The van der Waals surface area contributed by atoms with Crippen LogP contribution in [0, 0.1) is 0 Å². The van der Waals surface area contributed by atoms with Crippen molar-refractivity contribution in [3.8, 4) is 0 Å². The standard InChI is InChI=1S/C65H125NO5/c1-3-5-7-9-11-13-15-17-19-20-21-22-23-24-25-26-30-33-37-41-45-49-53-57-63(68)62(61-67)66-64(69)58-54-50-46-42-38-34-31-27-28-32-36-40-44-48-52-56-60-71-65(70)59-55-51-47-43-39-35-29-18-16-14-12-10-8-6-4-2/h27,31,53,57,62-63,67-68H,3-26,28-30,32-52,54-56,58-61H2,1-2H3,(H,66,69)/b31-27-,57-53+. The summed E-state index contributed by atoms with van der Waals surface area (Å²) in [6.07, 6.45) is 75.1. The second-order valence-electron chi connectivity index (χ2n) is 22.1. The summed E-state index contributed by atoms with van der Waals surface area (Å²) in [6, 6.07) is -0.641. The Morgan fingerprint density at radius 1 is 0.380 bits per heavy atom. The van der Waals surface area contributed by atoms with Gasteiger partial charge in [0.15, 0.2) is 0 Å². The fraction of sp³-hybridized carbons (Fsp3) is 0.908. The molecule has 6 nitrogen and oxygen atoms in total. The van der Waals surface area contributed by atoms with Crippen LogP contribution in [0.3, 0.4) is 0 Å². The van der Waals surface area contributed by atoms with Crippen molar-refractivity contribution in [2.45, 2.75) is 366 Å². The van der Waals surface area contributed by atoms with Crippen LogP contribution in [0.25, 0.3) is 0 Å². The summed E-state index contributed by atoms with van der Waals surface area (Å²) in [7, 11) is 0. The van der Waals surface area contributed by atoms with Gasteiger partial charge in [-0.15, -0.1) is 0 Å². The molecule has 420 valence electrons. The van der Waals surface area contributed by atoms with Crippen molar-refractivity contribution in [1.29, 1.82) is 0 Å². The van der Waals surface area contributed by atoms with E-state index in [-0.39, 0.29) is 18.5 Å². The number of nitrogens with one attached hydrogen (secondary N) is 1. The number of unbranched alkanes of at least 4 members (excludes halogenated alkanes) is 47. The summed E-state index contributed by atoms with van der Waals surface area (Å²) in [5, 5.41) is 23.2. The maximum Gasteiger partial charge on any atom is 0.305 e. The smallest absolute Gasteiger partial charge is 0.305 e. The monoisotopic (exact) mass is 1000 g/mol. The van der Waals surface area contributed by atoms with E-state index >= 15 is 0 Å². The predicted molar refractivity (Wildman–Crippen MR) is 310 cm³/mol. The van der Waals surface area contributed by atoms with E-state index in [0.717, 1.165) is 64.2 Å². The van der Waals surface area contributed by atoms with E-state index in [4.69, 9.17) is 4.74 Å². The Morgan fingerprint density at radius 3 is 1.00 bits per heavy atom. The molecule has 0 fully saturated rings.